The Balaban J connectivity index is 0.000000169. The number of aromatic nitrogens is 3. The van der Waals surface area contributed by atoms with Crippen molar-refractivity contribution in [2.24, 2.45) is 0 Å². The summed E-state index contributed by atoms with van der Waals surface area (Å²) in [6.45, 7) is 8.21. The van der Waals surface area contributed by atoms with E-state index in [4.69, 9.17) is 4.42 Å². The molecule has 0 saturated heterocycles. The van der Waals surface area contributed by atoms with E-state index in [1.807, 2.05) is 49.6 Å². The number of fused-ring (bicyclic) bond motifs is 4. The molecular formula is C33H25IrN3OS-2. The van der Waals surface area contributed by atoms with Crippen LogP contribution in [0.15, 0.2) is 82.9 Å². The van der Waals surface area contributed by atoms with Gasteiger partial charge in [-0.15, -0.1) is 53.6 Å². The van der Waals surface area contributed by atoms with Crippen LogP contribution in [0.25, 0.3) is 54.7 Å². The van der Waals surface area contributed by atoms with Gasteiger partial charge in [0.1, 0.15) is 0 Å². The third-order valence-corrected chi connectivity index (χ3v) is 7.60. The van der Waals surface area contributed by atoms with Crippen molar-refractivity contribution >= 4 is 43.5 Å². The molecule has 4 nitrogen and oxygen atoms in total. The third-order valence-electron chi connectivity index (χ3n) is 6.66. The number of pyridine rings is 3. The summed E-state index contributed by atoms with van der Waals surface area (Å²) in [6.07, 6.45) is 3.75. The van der Waals surface area contributed by atoms with Gasteiger partial charge in [0.25, 0.3) is 0 Å². The van der Waals surface area contributed by atoms with Crippen molar-refractivity contribution in [3.8, 4) is 22.5 Å². The summed E-state index contributed by atoms with van der Waals surface area (Å²) in [7, 11) is 0. The van der Waals surface area contributed by atoms with Crippen LogP contribution in [0.3, 0.4) is 0 Å². The van der Waals surface area contributed by atoms with Crippen molar-refractivity contribution < 1.29 is 24.5 Å². The Morgan fingerprint density at radius 1 is 0.846 bits per heavy atom. The SMILES string of the molecule is Cc1c[c-]c(-c2cc(C)c(C)cn2)cc1.Cc1ccc2c(n1)oc1c(-c3nccc4ccsc34)[c-]ccc12.[Ir]. The molecule has 0 bridgehead atoms. The van der Waals surface area contributed by atoms with Crippen LogP contribution in [0.1, 0.15) is 22.4 Å². The fourth-order valence-corrected chi connectivity index (χ4v) is 5.29. The smallest absolute Gasteiger partial charge is 0.216 e. The van der Waals surface area contributed by atoms with Gasteiger partial charge in [0.05, 0.1) is 5.58 Å². The van der Waals surface area contributed by atoms with Crippen LogP contribution in [-0.2, 0) is 20.1 Å². The second-order valence-corrected chi connectivity index (χ2v) is 10.4. The molecule has 0 saturated carbocycles. The van der Waals surface area contributed by atoms with Gasteiger partial charge in [0.15, 0.2) is 0 Å². The Kier molecular flexibility index (Phi) is 7.71. The molecule has 195 valence electrons. The Morgan fingerprint density at radius 3 is 2.51 bits per heavy atom. The van der Waals surface area contributed by atoms with Gasteiger partial charge in [-0.25, -0.2) is 4.98 Å². The monoisotopic (exact) mass is 704 g/mol. The van der Waals surface area contributed by atoms with Gasteiger partial charge in [0, 0.05) is 54.0 Å². The second-order valence-electron chi connectivity index (χ2n) is 9.43. The van der Waals surface area contributed by atoms with Crippen LogP contribution in [0.4, 0.5) is 0 Å². The van der Waals surface area contributed by atoms with Crippen molar-refractivity contribution in [3.05, 3.63) is 113 Å². The number of furan rings is 1. The maximum atomic E-state index is 6.07. The van der Waals surface area contributed by atoms with Gasteiger partial charge in [-0.3, -0.25) is 0 Å². The summed E-state index contributed by atoms with van der Waals surface area (Å²) in [5.74, 6) is 0. The number of hydrogen-bond acceptors (Lipinski definition) is 5. The first-order valence-corrected chi connectivity index (χ1v) is 13.3. The number of thiophene rings is 1. The molecule has 0 fully saturated rings. The molecule has 2 aromatic carbocycles. The van der Waals surface area contributed by atoms with Crippen LogP contribution in [0, 0.1) is 39.8 Å². The Bertz CT molecular complexity index is 1920. The predicted molar refractivity (Wildman–Crippen MR) is 156 cm³/mol. The number of benzene rings is 2. The Morgan fingerprint density at radius 2 is 1.72 bits per heavy atom. The molecule has 0 aliphatic carbocycles. The minimum atomic E-state index is 0. The van der Waals surface area contributed by atoms with Crippen molar-refractivity contribution in [2.75, 3.05) is 0 Å². The number of aryl methyl sites for hydroxylation is 4. The second kappa shape index (κ2) is 11.2. The maximum Gasteiger partial charge on any atom is 0.216 e. The standard InChI is InChI=1S/C19H11N2OS.C14H14N.Ir/c1-11-5-6-14-13-3-2-4-15(17(13)22-19(14)21-11)16-18-12(7-9-20-16)8-10-23-18;1-10-4-6-13(7-5-10)14-8-11(2)12(3)9-15-14;/h2-3,5-10H,1H3;4-6,8-9H,1-3H3;/q2*-1;. The van der Waals surface area contributed by atoms with Crippen molar-refractivity contribution in [1.82, 2.24) is 15.0 Å². The van der Waals surface area contributed by atoms with E-state index >= 15 is 0 Å². The van der Waals surface area contributed by atoms with Gasteiger partial charge in [-0.1, -0.05) is 29.5 Å². The van der Waals surface area contributed by atoms with Crippen LogP contribution >= 0.6 is 11.3 Å². The van der Waals surface area contributed by atoms with E-state index in [-0.39, 0.29) is 20.1 Å². The summed E-state index contributed by atoms with van der Waals surface area (Å²) in [5.41, 5.74) is 10.0. The summed E-state index contributed by atoms with van der Waals surface area (Å²) < 4.78 is 7.22. The number of hydrogen-bond donors (Lipinski definition) is 0. The van der Waals surface area contributed by atoms with E-state index in [0.29, 0.717) is 5.71 Å². The average Bonchev–Trinajstić information content (AvgIpc) is 3.55. The molecule has 0 unspecified atom stereocenters. The third kappa shape index (κ3) is 5.28. The van der Waals surface area contributed by atoms with Gasteiger partial charge in [0.2, 0.25) is 5.71 Å². The first-order chi connectivity index (χ1) is 18.5. The molecule has 39 heavy (non-hydrogen) atoms. The zero-order valence-electron chi connectivity index (χ0n) is 22.0. The van der Waals surface area contributed by atoms with Crippen molar-refractivity contribution in [3.63, 3.8) is 0 Å². The summed E-state index contributed by atoms with van der Waals surface area (Å²) >= 11 is 1.69. The summed E-state index contributed by atoms with van der Waals surface area (Å²) in [6, 6.07) is 26.9. The molecule has 0 N–H and O–H groups in total. The fraction of sp³-hybridized carbons (Fsp3) is 0.121. The molecule has 5 aromatic heterocycles. The largest absolute Gasteiger partial charge is 0.486 e. The zero-order chi connectivity index (χ0) is 26.2. The molecule has 0 amide bonds. The molecule has 0 aliphatic heterocycles. The van der Waals surface area contributed by atoms with Crippen LogP contribution in [0.2, 0.25) is 0 Å². The van der Waals surface area contributed by atoms with E-state index in [1.54, 1.807) is 11.3 Å². The van der Waals surface area contributed by atoms with Gasteiger partial charge >= 0.3 is 0 Å². The van der Waals surface area contributed by atoms with Crippen LogP contribution in [0.5, 0.6) is 0 Å². The first-order valence-electron chi connectivity index (χ1n) is 12.4. The number of rotatable bonds is 2. The molecule has 7 rings (SSSR count). The van der Waals surface area contributed by atoms with Gasteiger partial charge in [-0.2, -0.15) is 11.3 Å². The minimum Gasteiger partial charge on any atom is -0.486 e. The minimum absolute atomic E-state index is 0. The normalized spacial score (nSPS) is 10.9. The maximum absolute atomic E-state index is 6.07. The van der Waals surface area contributed by atoms with Crippen LogP contribution < -0.4 is 0 Å². The van der Waals surface area contributed by atoms with Gasteiger partial charge < -0.3 is 14.4 Å². The van der Waals surface area contributed by atoms with Crippen LogP contribution in [-0.4, -0.2) is 15.0 Å². The first kappa shape index (κ1) is 26.9. The average molecular weight is 704 g/mol. The van der Waals surface area contributed by atoms with E-state index in [9.17, 15) is 0 Å². The van der Waals surface area contributed by atoms with E-state index < -0.39 is 0 Å². The molecular weight excluding hydrogens is 679 g/mol. The quantitative estimate of drug-likeness (QED) is 0.169. The molecule has 0 atom stereocenters. The molecule has 0 aliphatic rings. The molecule has 0 spiro atoms. The zero-order valence-corrected chi connectivity index (χ0v) is 25.2. The Labute approximate surface area is 245 Å². The molecule has 7 aromatic rings. The summed E-state index contributed by atoms with van der Waals surface area (Å²) in [5, 5.41) is 5.35. The number of nitrogens with zero attached hydrogens (tertiary/aromatic N) is 3. The molecule has 1 radical (unpaired) electrons. The van der Waals surface area contributed by atoms with Crippen molar-refractivity contribution in [2.45, 2.75) is 27.7 Å². The van der Waals surface area contributed by atoms with E-state index in [2.05, 4.69) is 83.6 Å². The van der Waals surface area contributed by atoms with E-state index in [0.717, 1.165) is 49.3 Å². The van der Waals surface area contributed by atoms with Crippen molar-refractivity contribution in [1.29, 1.82) is 0 Å². The topological polar surface area (TPSA) is 51.8 Å². The summed E-state index contributed by atoms with van der Waals surface area (Å²) in [4.78, 5) is 13.5. The fourth-order valence-electron chi connectivity index (χ4n) is 4.40. The van der Waals surface area contributed by atoms with Gasteiger partial charge in [-0.05, 0) is 67.1 Å². The predicted octanol–water partition coefficient (Wildman–Crippen LogP) is 8.84. The molecule has 5 heterocycles. The Hall–Kier alpha value is -3.70. The van der Waals surface area contributed by atoms with E-state index in [1.165, 1.54) is 22.1 Å². The molecule has 6 heteroatoms.